The Morgan fingerprint density at radius 3 is 1.72 bits per heavy atom. The fourth-order valence-electron chi connectivity index (χ4n) is 6.80. The Morgan fingerprint density at radius 2 is 1.17 bits per heavy atom. The van der Waals surface area contributed by atoms with Crippen molar-refractivity contribution in [1.82, 2.24) is 52.8 Å². The zero-order chi connectivity index (χ0) is 52.3. The number of nitrogens with two attached hydrogens (primary N) is 1. The van der Waals surface area contributed by atoms with E-state index in [-0.39, 0.29) is 38.3 Å². The SMILES string of the molecule is NCC(=O)NCC(=O)NCC(=O)NCC(=O)NCC(=O)NC(Cc1c[nH]c2ccccc12)C(=O)NC(CC(=O)O)C(=O)NC(CC(=O)O)C(=O)NC(CCCCNC(=O)CCCCC1CCSS1)C(=O)O. The Kier molecular flexibility index (Phi) is 25.8. The van der Waals surface area contributed by atoms with Gasteiger partial charge in [0.05, 0.1) is 45.6 Å². The smallest absolute Gasteiger partial charge is 0.326 e. The minimum atomic E-state index is -1.99. The van der Waals surface area contributed by atoms with E-state index in [0.29, 0.717) is 34.6 Å². The monoisotopic (exact) mass is 1040 g/mol. The molecule has 0 spiro atoms. The molecule has 1 aromatic heterocycles. The fraction of sp³-hybridized carbons (Fsp3) is 0.535. The molecule has 71 heavy (non-hydrogen) atoms. The molecule has 1 saturated heterocycles. The lowest BCUT2D eigenvalue weighted by molar-refractivity contribution is -0.145. The number of rotatable bonds is 33. The molecule has 26 nitrogen and oxygen atoms in total. The number of aromatic amines is 1. The number of carboxylic acids is 3. The Balaban J connectivity index is 1.61. The number of benzene rings is 1. The van der Waals surface area contributed by atoms with Gasteiger partial charge in [-0.15, -0.1) is 0 Å². The van der Waals surface area contributed by atoms with Crippen molar-refractivity contribution in [2.24, 2.45) is 5.73 Å². The molecule has 1 aromatic carbocycles. The molecular formula is C43H61N11O15S2. The largest absolute Gasteiger partial charge is 0.481 e. The van der Waals surface area contributed by atoms with Crippen molar-refractivity contribution in [2.45, 2.75) is 100 Å². The van der Waals surface area contributed by atoms with Crippen LogP contribution < -0.4 is 53.6 Å². The minimum Gasteiger partial charge on any atom is -0.481 e. The third-order valence-corrected chi connectivity index (χ3v) is 13.5. The van der Waals surface area contributed by atoms with E-state index in [9.17, 15) is 72.9 Å². The molecule has 3 rings (SSSR count). The summed E-state index contributed by atoms with van der Waals surface area (Å²) in [5, 5.41) is 50.9. The predicted octanol–water partition coefficient (Wildman–Crippen LogP) is -2.89. The lowest BCUT2D eigenvalue weighted by Gasteiger charge is -2.25. The van der Waals surface area contributed by atoms with Gasteiger partial charge in [-0.3, -0.25) is 52.7 Å². The number of fused-ring (bicyclic) bond motifs is 1. The number of carboxylic acid groups (broad SMARTS) is 3. The highest BCUT2D eigenvalue weighted by molar-refractivity contribution is 8.77. The van der Waals surface area contributed by atoms with Crippen LogP contribution in [0.3, 0.4) is 0 Å². The average molecular weight is 1040 g/mol. The highest BCUT2D eigenvalue weighted by atomic mass is 33.1. The maximum atomic E-state index is 13.9. The second-order valence-corrected chi connectivity index (χ2v) is 18.9. The molecule has 9 amide bonds. The van der Waals surface area contributed by atoms with Gasteiger partial charge in [-0.05, 0) is 50.2 Å². The van der Waals surface area contributed by atoms with Gasteiger partial charge in [0.15, 0.2) is 0 Å². The number of para-hydroxylation sites is 1. The molecule has 1 fully saturated rings. The first-order chi connectivity index (χ1) is 33.8. The molecule has 5 unspecified atom stereocenters. The maximum absolute atomic E-state index is 13.9. The zero-order valence-corrected chi connectivity index (χ0v) is 40.3. The van der Waals surface area contributed by atoms with E-state index in [1.165, 1.54) is 6.20 Å². The molecule has 15 N–H and O–H groups in total. The number of amides is 9. The Bertz CT molecular complexity index is 2220. The lowest BCUT2D eigenvalue weighted by atomic mass is 10.0. The van der Waals surface area contributed by atoms with Crippen LogP contribution in [0.2, 0.25) is 0 Å². The van der Waals surface area contributed by atoms with Gasteiger partial charge in [0, 0.05) is 47.5 Å². The van der Waals surface area contributed by atoms with Crippen molar-refractivity contribution in [3.63, 3.8) is 0 Å². The van der Waals surface area contributed by atoms with E-state index in [1.54, 1.807) is 24.3 Å². The number of H-pyrrole nitrogens is 1. The molecule has 1 aliphatic rings. The van der Waals surface area contributed by atoms with E-state index in [2.05, 4.69) is 52.8 Å². The van der Waals surface area contributed by atoms with Gasteiger partial charge >= 0.3 is 17.9 Å². The van der Waals surface area contributed by atoms with Gasteiger partial charge < -0.3 is 73.9 Å². The summed E-state index contributed by atoms with van der Waals surface area (Å²) in [6.07, 6.45) is 3.79. The third-order valence-electron chi connectivity index (χ3n) is 10.5. The second kappa shape index (κ2) is 31.3. The van der Waals surface area contributed by atoms with Crippen LogP contribution in [0.1, 0.15) is 69.8 Å². The molecule has 0 radical (unpaired) electrons. The molecular weight excluding hydrogens is 975 g/mol. The normalized spacial score (nSPS) is 14.6. The minimum absolute atomic E-state index is 0.134. The van der Waals surface area contributed by atoms with Crippen molar-refractivity contribution < 1.29 is 72.9 Å². The number of hydrogen-bond acceptors (Lipinski definition) is 15. The predicted molar refractivity (Wildman–Crippen MR) is 257 cm³/mol. The average Bonchev–Trinajstić information content (AvgIpc) is 4.01. The summed E-state index contributed by atoms with van der Waals surface area (Å²) < 4.78 is 0. The molecule has 28 heteroatoms. The van der Waals surface area contributed by atoms with Gasteiger partial charge in [0.1, 0.15) is 24.2 Å². The summed E-state index contributed by atoms with van der Waals surface area (Å²) >= 11 is 0. The zero-order valence-electron chi connectivity index (χ0n) is 38.6. The number of aliphatic carboxylic acids is 3. The highest BCUT2D eigenvalue weighted by Gasteiger charge is 2.34. The van der Waals surface area contributed by atoms with E-state index >= 15 is 0 Å². The lowest BCUT2D eigenvalue weighted by Crippen LogP contribution is -2.59. The first-order valence-corrected chi connectivity index (χ1v) is 25.0. The van der Waals surface area contributed by atoms with Crippen LogP contribution in [0.4, 0.5) is 0 Å². The van der Waals surface area contributed by atoms with Crippen LogP contribution in [0.25, 0.3) is 10.9 Å². The van der Waals surface area contributed by atoms with Crippen molar-refractivity contribution in [1.29, 1.82) is 0 Å². The van der Waals surface area contributed by atoms with Gasteiger partial charge in [-0.2, -0.15) is 0 Å². The summed E-state index contributed by atoms with van der Waals surface area (Å²) in [6, 6.07) is -0.173. The Hall–Kier alpha value is -6.94. The first-order valence-electron chi connectivity index (χ1n) is 22.6. The molecule has 2 aromatic rings. The Morgan fingerprint density at radius 1 is 0.620 bits per heavy atom. The highest BCUT2D eigenvalue weighted by Crippen LogP contribution is 2.39. The third kappa shape index (κ3) is 23.0. The molecule has 0 bridgehead atoms. The number of hydrogen-bond donors (Lipinski definition) is 14. The number of carbonyl (C=O) groups is 12. The summed E-state index contributed by atoms with van der Waals surface area (Å²) in [5.41, 5.74) is 6.26. The topological polar surface area (TPSA) is 416 Å². The molecule has 5 atom stereocenters. The van der Waals surface area contributed by atoms with Crippen LogP contribution in [0.15, 0.2) is 30.5 Å². The van der Waals surface area contributed by atoms with Gasteiger partial charge in [-0.1, -0.05) is 46.2 Å². The summed E-state index contributed by atoms with van der Waals surface area (Å²) in [6.45, 7) is -2.49. The van der Waals surface area contributed by atoms with Gasteiger partial charge in [0.2, 0.25) is 53.2 Å². The fourth-order valence-corrected chi connectivity index (χ4v) is 9.83. The van der Waals surface area contributed by atoms with E-state index in [4.69, 9.17) is 5.73 Å². The van der Waals surface area contributed by atoms with Crippen LogP contribution in [-0.4, -0.2) is 166 Å². The van der Waals surface area contributed by atoms with Crippen molar-refractivity contribution in [2.75, 3.05) is 45.0 Å². The van der Waals surface area contributed by atoms with Crippen molar-refractivity contribution >= 4 is 104 Å². The van der Waals surface area contributed by atoms with Crippen LogP contribution in [-0.2, 0) is 64.0 Å². The van der Waals surface area contributed by atoms with Gasteiger partial charge in [-0.25, -0.2) is 4.79 Å². The number of unbranched alkanes of at least 4 members (excludes halogenated alkanes) is 2. The van der Waals surface area contributed by atoms with Crippen molar-refractivity contribution in [3.05, 3.63) is 36.0 Å². The van der Waals surface area contributed by atoms with Crippen LogP contribution in [0, 0.1) is 0 Å². The van der Waals surface area contributed by atoms with E-state index in [0.717, 1.165) is 31.4 Å². The van der Waals surface area contributed by atoms with Crippen molar-refractivity contribution in [3.8, 4) is 0 Å². The molecule has 390 valence electrons. The molecule has 2 heterocycles. The number of aromatic nitrogens is 1. The maximum Gasteiger partial charge on any atom is 0.326 e. The summed E-state index contributed by atoms with van der Waals surface area (Å²) in [7, 11) is 3.74. The summed E-state index contributed by atoms with van der Waals surface area (Å²) in [4.78, 5) is 153. The molecule has 0 saturated carbocycles. The standard InChI is InChI=1S/C43H61N11O15S2/c44-18-33(56)47-20-34(57)48-21-35(58)49-22-36(59)50-23-37(60)51-29(15-24-19-46-27-9-3-2-8-26(24)27)40(65)53-31(17-39(63)64)42(67)54-30(16-38(61)62)41(66)52-28(43(68)69)10-5-6-13-45-32(55)11-4-1-7-25-12-14-70-71-25/h2-3,8-9,19,25,28-31,46H,1,4-7,10-18,20-23,44H2,(H,45,55)(H,47,56)(H,48,57)(H,49,58)(H,50,59)(H,51,60)(H,52,66)(H,53,65)(H,54,67)(H,61,62)(H,63,64)(H,68,69). The number of nitrogens with one attached hydrogen (secondary N) is 10. The number of carbonyl (C=O) groups excluding carboxylic acids is 9. The van der Waals surface area contributed by atoms with Crippen LogP contribution >= 0.6 is 21.6 Å². The Labute approximate surface area is 414 Å². The van der Waals surface area contributed by atoms with Crippen LogP contribution in [0.5, 0.6) is 0 Å². The van der Waals surface area contributed by atoms with E-state index < -0.39 is 128 Å². The van der Waals surface area contributed by atoms with E-state index in [1.807, 2.05) is 21.6 Å². The molecule has 0 aliphatic carbocycles. The second-order valence-electron chi connectivity index (χ2n) is 16.1. The molecule has 1 aliphatic heterocycles. The first kappa shape index (κ1) is 58.4. The quantitative estimate of drug-likeness (QED) is 0.0252. The summed E-state index contributed by atoms with van der Waals surface area (Å²) in [5.74, 6) is -11.3. The van der Waals surface area contributed by atoms with Gasteiger partial charge in [0.25, 0.3) is 0 Å².